The van der Waals surface area contributed by atoms with E-state index < -0.39 is 35.5 Å². The van der Waals surface area contributed by atoms with E-state index >= 15 is 0 Å². The Morgan fingerprint density at radius 3 is 2.43 bits per heavy atom. The minimum Gasteiger partial charge on any atom is -0.438 e. The van der Waals surface area contributed by atoms with Crippen molar-refractivity contribution in [2.45, 2.75) is 123 Å². The zero-order chi connectivity index (χ0) is 33.3. The van der Waals surface area contributed by atoms with Crippen molar-refractivity contribution in [1.82, 2.24) is 0 Å². The van der Waals surface area contributed by atoms with Crippen LogP contribution >= 0.6 is 0 Å². The predicted molar refractivity (Wildman–Crippen MR) is 172 cm³/mol. The zero-order valence-corrected chi connectivity index (χ0v) is 28.8. The Hall–Kier alpha value is -2.65. The highest BCUT2D eigenvalue weighted by Crippen LogP contribution is 2.66. The number of methoxy groups -OCH3 is 2. The quantitative estimate of drug-likeness (QED) is 0.183. The molecule has 0 bridgehead atoms. The number of allylic oxidation sites excluding steroid dienone is 5. The van der Waals surface area contributed by atoms with E-state index in [2.05, 4.69) is 39.0 Å². The largest absolute Gasteiger partial charge is 0.508 e. The van der Waals surface area contributed by atoms with Gasteiger partial charge in [-0.15, -0.1) is 0 Å². The molecule has 0 spiro atoms. The monoisotopic (exact) mass is 642 g/mol. The minimum atomic E-state index is -0.737. The summed E-state index contributed by atoms with van der Waals surface area (Å²) in [5, 5.41) is 0. The first-order valence-corrected chi connectivity index (χ1v) is 17.2. The average molecular weight is 643 g/mol. The predicted octanol–water partition coefficient (Wildman–Crippen LogP) is 7.87. The van der Waals surface area contributed by atoms with Crippen molar-refractivity contribution in [3.05, 3.63) is 35.5 Å². The van der Waals surface area contributed by atoms with E-state index in [1.165, 1.54) is 19.8 Å². The summed E-state index contributed by atoms with van der Waals surface area (Å²) >= 11 is 0. The third kappa shape index (κ3) is 6.96. The number of hydrogen-bond donors (Lipinski definition) is 0. The molecule has 3 saturated carbocycles. The number of rotatable bonds is 9. The normalized spacial score (nSPS) is 36.3. The number of hydrogen-bond acceptors (Lipinski definition) is 9. The molecule has 0 aromatic heterocycles. The number of ether oxygens (including phenoxy) is 6. The maximum atomic E-state index is 13.1. The van der Waals surface area contributed by atoms with E-state index in [9.17, 15) is 14.4 Å². The van der Waals surface area contributed by atoms with Gasteiger partial charge in [0.25, 0.3) is 0 Å². The van der Waals surface area contributed by atoms with Crippen molar-refractivity contribution >= 4 is 18.1 Å². The fourth-order valence-corrected chi connectivity index (χ4v) is 9.59. The Morgan fingerprint density at radius 2 is 1.74 bits per heavy atom. The number of carbonyl (C=O) groups excluding carboxylic acids is 3. The molecule has 0 amide bonds. The van der Waals surface area contributed by atoms with Gasteiger partial charge < -0.3 is 28.4 Å². The molecule has 1 unspecified atom stereocenters. The van der Waals surface area contributed by atoms with Crippen LogP contribution in [0.4, 0.5) is 9.59 Å². The lowest BCUT2D eigenvalue weighted by atomic mass is 9.49. The first-order valence-electron chi connectivity index (χ1n) is 17.2. The Bertz CT molecular complexity index is 1240. The molecule has 0 aromatic rings. The van der Waals surface area contributed by atoms with Crippen LogP contribution in [-0.2, 0) is 33.2 Å². The summed E-state index contributed by atoms with van der Waals surface area (Å²) in [7, 11) is 2.60. The van der Waals surface area contributed by atoms with E-state index in [1.54, 1.807) is 6.08 Å². The molecular weight excluding hydrogens is 588 g/mol. The molecule has 0 aromatic carbocycles. The highest BCUT2D eigenvalue weighted by molar-refractivity contribution is 5.90. The molecule has 9 nitrogen and oxygen atoms in total. The molecule has 9 atom stereocenters. The van der Waals surface area contributed by atoms with E-state index in [0.717, 1.165) is 57.1 Å². The molecular formula is C37H54O9. The molecule has 1 aliphatic heterocycles. The molecule has 1 saturated heterocycles. The van der Waals surface area contributed by atoms with Crippen molar-refractivity contribution < 1.29 is 42.8 Å². The molecule has 0 radical (unpaired) electrons. The third-order valence-electron chi connectivity index (χ3n) is 11.9. The van der Waals surface area contributed by atoms with Crippen LogP contribution in [0.1, 0.15) is 98.8 Å². The second-order valence-corrected chi connectivity index (χ2v) is 15.2. The SMILES string of the molecule is COC(=O)O[C@@H]1CC2=CC=C3[C@@H]4CC[C@H]([C@H](C)/C=C/C(=O)CC(C)(C)OC5CCCCO5)[C@@]4(C)CC[C@@H]3[C@@]2(C)[C@@H](OC(=O)OC)C1. The molecule has 4 aliphatic carbocycles. The first kappa shape index (κ1) is 34.7. The summed E-state index contributed by atoms with van der Waals surface area (Å²) in [6.07, 6.45) is 14.3. The summed E-state index contributed by atoms with van der Waals surface area (Å²) in [5.41, 5.74) is 1.66. The maximum Gasteiger partial charge on any atom is 0.508 e. The Kier molecular flexibility index (Phi) is 10.4. The van der Waals surface area contributed by atoms with Crippen LogP contribution in [0.15, 0.2) is 35.5 Å². The van der Waals surface area contributed by atoms with Gasteiger partial charge in [-0.1, -0.05) is 50.1 Å². The zero-order valence-electron chi connectivity index (χ0n) is 28.8. The Labute approximate surface area is 274 Å². The van der Waals surface area contributed by atoms with E-state index in [-0.39, 0.29) is 29.3 Å². The van der Waals surface area contributed by atoms with E-state index in [1.807, 2.05) is 13.8 Å². The number of carbonyl (C=O) groups is 3. The number of ketones is 1. The molecule has 46 heavy (non-hydrogen) atoms. The van der Waals surface area contributed by atoms with Crippen LogP contribution in [0.25, 0.3) is 0 Å². The average Bonchev–Trinajstić information content (AvgIpc) is 3.37. The van der Waals surface area contributed by atoms with Crippen molar-refractivity contribution in [1.29, 1.82) is 0 Å². The van der Waals surface area contributed by atoms with Gasteiger partial charge in [-0.2, -0.15) is 0 Å². The molecule has 1 heterocycles. The van der Waals surface area contributed by atoms with Gasteiger partial charge in [0.1, 0.15) is 12.2 Å². The Morgan fingerprint density at radius 1 is 1.00 bits per heavy atom. The van der Waals surface area contributed by atoms with Crippen molar-refractivity contribution in [2.24, 2.45) is 34.5 Å². The summed E-state index contributed by atoms with van der Waals surface area (Å²) in [6, 6.07) is 0. The Balaban J connectivity index is 1.29. The van der Waals surface area contributed by atoms with Gasteiger partial charge in [-0.05, 0) is 94.0 Å². The smallest absolute Gasteiger partial charge is 0.438 e. The van der Waals surface area contributed by atoms with Gasteiger partial charge in [0.15, 0.2) is 12.1 Å². The van der Waals surface area contributed by atoms with Crippen LogP contribution in [0, 0.1) is 34.5 Å². The van der Waals surface area contributed by atoms with Crippen molar-refractivity contribution in [3.8, 4) is 0 Å². The topological polar surface area (TPSA) is 107 Å². The first-order chi connectivity index (χ1) is 21.8. The van der Waals surface area contributed by atoms with Crippen LogP contribution in [-0.4, -0.2) is 63.0 Å². The maximum absolute atomic E-state index is 13.1. The lowest BCUT2D eigenvalue weighted by molar-refractivity contribution is -0.215. The van der Waals surface area contributed by atoms with Crippen LogP contribution in [0.5, 0.6) is 0 Å². The highest BCUT2D eigenvalue weighted by Gasteiger charge is 2.60. The lowest BCUT2D eigenvalue weighted by Crippen LogP contribution is -2.54. The second-order valence-electron chi connectivity index (χ2n) is 15.2. The van der Waals surface area contributed by atoms with Crippen LogP contribution in [0.3, 0.4) is 0 Å². The summed E-state index contributed by atoms with van der Waals surface area (Å²) < 4.78 is 33.0. The third-order valence-corrected chi connectivity index (χ3v) is 11.9. The fourth-order valence-electron chi connectivity index (χ4n) is 9.59. The van der Waals surface area contributed by atoms with Gasteiger partial charge in [-0.25, -0.2) is 9.59 Å². The summed E-state index contributed by atoms with van der Waals surface area (Å²) in [6.45, 7) is 11.6. The molecule has 4 fully saturated rings. The van der Waals surface area contributed by atoms with Gasteiger partial charge in [-0.3, -0.25) is 4.79 Å². The van der Waals surface area contributed by atoms with Crippen LogP contribution in [0.2, 0.25) is 0 Å². The van der Waals surface area contributed by atoms with Crippen LogP contribution < -0.4 is 0 Å². The van der Waals surface area contributed by atoms with Gasteiger partial charge in [0, 0.05) is 31.3 Å². The second kappa shape index (κ2) is 13.8. The highest BCUT2D eigenvalue weighted by atomic mass is 16.7. The van der Waals surface area contributed by atoms with Gasteiger partial charge in [0.05, 0.1) is 19.8 Å². The minimum absolute atomic E-state index is 0.0834. The van der Waals surface area contributed by atoms with E-state index in [0.29, 0.717) is 31.1 Å². The molecule has 9 heteroatoms. The molecule has 5 rings (SSSR count). The molecule has 256 valence electrons. The van der Waals surface area contributed by atoms with E-state index in [4.69, 9.17) is 28.4 Å². The lowest BCUT2D eigenvalue weighted by Gasteiger charge is -2.57. The fraction of sp³-hybridized carbons (Fsp3) is 0.757. The van der Waals surface area contributed by atoms with Crippen molar-refractivity contribution in [3.63, 3.8) is 0 Å². The summed E-state index contributed by atoms with van der Waals surface area (Å²) in [4.78, 5) is 37.4. The molecule has 5 aliphatic rings. The number of fused-ring (bicyclic) bond motifs is 5. The van der Waals surface area contributed by atoms with Crippen molar-refractivity contribution in [2.75, 3.05) is 20.8 Å². The standard InChI is InChI=1S/C37H54O9/c1-23(11-13-25(38)22-35(2,3)46-32-10-8-9-19-43-32)28-15-16-29-27-14-12-24-20-26(44-33(39)41-6)21-31(45-34(40)42-7)37(24,5)30(27)17-18-36(28,29)4/h11-14,23,26,28-32H,8-10,15-22H2,1-7H3/b13-11+/t23-,26-,28-,29+,30+,31+,32?,36-,37+/m1/s1. The summed E-state index contributed by atoms with van der Waals surface area (Å²) in [5.74, 6) is 1.41. The van der Waals surface area contributed by atoms with Gasteiger partial charge >= 0.3 is 12.3 Å². The molecule has 0 N–H and O–H groups in total. The van der Waals surface area contributed by atoms with Gasteiger partial charge in [0.2, 0.25) is 0 Å².